The maximum absolute atomic E-state index is 12.9. The molecule has 6 aromatic rings. The number of methoxy groups -OCH3 is 1. The van der Waals surface area contributed by atoms with Crippen molar-refractivity contribution in [2.75, 3.05) is 45.5 Å². The van der Waals surface area contributed by atoms with Gasteiger partial charge in [-0.3, -0.25) is 9.35 Å². The number of carboxylic acid groups (broad SMARTS) is 1. The van der Waals surface area contributed by atoms with Gasteiger partial charge in [0.1, 0.15) is 15.8 Å². The Labute approximate surface area is 514 Å². The predicted molar refractivity (Wildman–Crippen MR) is 325 cm³/mol. The molecule has 0 aliphatic carbocycles. The number of hydrogen-bond acceptors (Lipinski definition) is 19. The zero-order valence-electron chi connectivity index (χ0n) is 48.2. The van der Waals surface area contributed by atoms with Crippen molar-refractivity contribution in [2.45, 2.75) is 87.1 Å². The number of nitrogens with two attached hydrogens (primary N) is 2. The number of nitrogens with zero attached hydrogens (tertiary/aromatic N) is 4. The Kier molecular flexibility index (Phi) is 26.1. The van der Waals surface area contributed by atoms with Gasteiger partial charge in [-0.15, -0.1) is 10.2 Å². The quantitative estimate of drug-likeness (QED) is 0.0216. The lowest BCUT2D eigenvalue weighted by atomic mass is 9.80. The molecule has 2 aliphatic heterocycles. The van der Waals surface area contributed by atoms with E-state index >= 15 is 0 Å². The second-order valence-electron chi connectivity index (χ2n) is 19.3. The normalized spacial score (nSPS) is 14.6. The zero-order chi connectivity index (χ0) is 64.2. The third-order valence-electron chi connectivity index (χ3n) is 12.9. The van der Waals surface area contributed by atoms with Crippen LogP contribution in [0.15, 0.2) is 152 Å². The van der Waals surface area contributed by atoms with Crippen molar-refractivity contribution in [1.82, 2.24) is 35.6 Å². The van der Waals surface area contributed by atoms with E-state index in [9.17, 15) is 49.5 Å². The van der Waals surface area contributed by atoms with Crippen molar-refractivity contribution >= 4 is 82.9 Å². The number of hydrogen-bond donors (Lipinski definition) is 8. The molecule has 8 rings (SSSR count). The van der Waals surface area contributed by atoms with Crippen molar-refractivity contribution in [3.05, 3.63) is 159 Å². The smallest absolute Gasteiger partial charge is 0.336 e. The number of ether oxygens (including phenoxy) is 3. The van der Waals surface area contributed by atoms with E-state index in [1.165, 1.54) is 30.2 Å². The molecule has 0 fully saturated rings. The number of unbranched alkanes of at least 4 members (excludes halogenated alkanes) is 1. The molecular weight excluding hydrogens is 1230 g/mol. The molecule has 1 unspecified atom stereocenters. The summed E-state index contributed by atoms with van der Waals surface area (Å²) in [5.41, 5.74) is 11.6. The van der Waals surface area contributed by atoms with Crippen LogP contribution < -0.4 is 26.2 Å². The number of carboxylic acids is 1. The number of dihydropyridines is 1. The van der Waals surface area contributed by atoms with Gasteiger partial charge in [-0.05, 0) is 84.0 Å². The largest absolute Gasteiger partial charge is 0.480 e. The Morgan fingerprint density at radius 1 is 0.862 bits per heavy atom. The number of anilines is 1. The van der Waals surface area contributed by atoms with Gasteiger partial charge < -0.3 is 40.6 Å². The second-order valence-corrected chi connectivity index (χ2v) is 24.8. The molecule has 2 atom stereocenters. The summed E-state index contributed by atoms with van der Waals surface area (Å²) in [6.45, 7) is 10.4. The van der Waals surface area contributed by atoms with Crippen LogP contribution in [0.4, 0.5) is 5.69 Å². The van der Waals surface area contributed by atoms with Crippen LogP contribution in [0.1, 0.15) is 70.9 Å². The molecule has 10 N–H and O–H groups in total. The van der Waals surface area contributed by atoms with Crippen molar-refractivity contribution in [3.63, 3.8) is 0 Å². The number of halogens is 2. The number of esters is 2. The van der Waals surface area contributed by atoms with E-state index in [1.54, 1.807) is 56.3 Å². The van der Waals surface area contributed by atoms with Gasteiger partial charge in [0.25, 0.3) is 10.1 Å². The lowest BCUT2D eigenvalue weighted by Gasteiger charge is -2.32. The van der Waals surface area contributed by atoms with Gasteiger partial charge in [-0.1, -0.05) is 135 Å². The van der Waals surface area contributed by atoms with E-state index in [4.69, 9.17) is 52.8 Å². The number of aliphatic carboxylic acids is 1. The molecule has 1 aromatic heterocycles. The van der Waals surface area contributed by atoms with E-state index in [-0.39, 0.29) is 64.3 Å². The van der Waals surface area contributed by atoms with Gasteiger partial charge in [0.15, 0.2) is 0 Å². The molecule has 468 valence electrons. The van der Waals surface area contributed by atoms with E-state index < -0.39 is 64.9 Å². The van der Waals surface area contributed by atoms with Crippen molar-refractivity contribution in [1.29, 1.82) is 0 Å². The molecule has 3 heterocycles. The number of fused-ring (bicyclic) bond motifs is 1. The Morgan fingerprint density at radius 2 is 1.51 bits per heavy atom. The molecule has 87 heavy (non-hydrogen) atoms. The number of aromatic nitrogens is 4. The van der Waals surface area contributed by atoms with Gasteiger partial charge in [0.05, 0.1) is 72.0 Å². The molecule has 5 aromatic carbocycles. The van der Waals surface area contributed by atoms with Crippen LogP contribution in [0.25, 0.3) is 22.5 Å². The molecule has 0 saturated carbocycles. The van der Waals surface area contributed by atoms with Crippen molar-refractivity contribution < 1.29 is 68.3 Å². The minimum Gasteiger partial charge on any atom is -0.480 e. The first-order valence-electron chi connectivity index (χ1n) is 26.8. The molecule has 0 saturated heterocycles. The topological polar surface area (TPSA) is 385 Å². The number of H-pyrrole nitrogens is 1. The van der Waals surface area contributed by atoms with Crippen LogP contribution in [-0.4, -0.2) is 130 Å². The van der Waals surface area contributed by atoms with Gasteiger partial charge >= 0.3 is 17.9 Å². The third-order valence-corrected chi connectivity index (χ3v) is 16.9. The van der Waals surface area contributed by atoms with E-state index in [0.717, 1.165) is 41.2 Å². The number of tetrazole rings is 1. The third kappa shape index (κ3) is 19.2. The summed E-state index contributed by atoms with van der Waals surface area (Å²) in [6.07, 6.45) is 1.97. The van der Waals surface area contributed by atoms with Gasteiger partial charge in [-0.25, -0.2) is 36.4 Å². The molecule has 25 nitrogen and oxygen atoms in total. The van der Waals surface area contributed by atoms with Crippen LogP contribution >= 0.6 is 23.2 Å². The molecule has 0 bridgehead atoms. The first kappa shape index (κ1) is 70.1. The number of carbonyl (C=O) groups excluding carboxylic acids is 3. The summed E-state index contributed by atoms with van der Waals surface area (Å²) in [5, 5.41) is 35.1. The highest BCUT2D eigenvalue weighted by Gasteiger charge is 2.40. The summed E-state index contributed by atoms with van der Waals surface area (Å²) >= 11 is 12.1. The summed E-state index contributed by atoms with van der Waals surface area (Å²) in [5.74, 6) is -2.65. The van der Waals surface area contributed by atoms with E-state index in [2.05, 4.69) is 36.0 Å². The standard InChI is InChI=1S/C24H29N5O3.C20H25ClN2O5.C7H8ClN3O4S2.C6H6O3S/c1-4-5-10-21(30)29(22(16(2)3)24(31)32)15-17-11-13-18(14-12-17)19-8-6-7-9-20(19)23-25-27-28-26-23;1-4-28-20(25)18-15(11-27-10-9-22)23-12(2)16(19(24)26-3)17(18)13-7-5-6-8-14(13)21;8-4-1-5-7(2-6(4)16(9,12)13)17(14,15)11-3-10-5;7-10(8,9)6-4-2-1-3-5-6/h6-9,11-14,16,22H,4-5,10,15H2,1-3H3,(H,31,32)(H,25,26,27,28);5-8,17,23H,4,9-11,22H2,1-3H3;1-2,10-11H,3H2,(H2,9,12,13);1-5H,(H,7,8,9)/t22-;;;/m0.../s1. The van der Waals surface area contributed by atoms with Crippen LogP contribution in [0, 0.1) is 5.92 Å². The fourth-order valence-corrected chi connectivity index (χ4v) is 11.9. The van der Waals surface area contributed by atoms with Crippen LogP contribution in [0.5, 0.6) is 0 Å². The number of rotatable bonds is 20. The minimum absolute atomic E-state index is 0.0143. The summed E-state index contributed by atoms with van der Waals surface area (Å²) in [7, 11) is -10.5. The summed E-state index contributed by atoms with van der Waals surface area (Å²) < 4.78 is 92.9. The van der Waals surface area contributed by atoms with Crippen LogP contribution in [-0.2, 0) is 70.1 Å². The van der Waals surface area contributed by atoms with E-state index in [1.807, 2.05) is 69.3 Å². The fourth-order valence-electron chi connectivity index (χ4n) is 8.91. The highest BCUT2D eigenvalue weighted by atomic mass is 35.5. The number of allylic oxidation sites excluding steroid dienone is 1. The number of nitrogens with one attached hydrogen (secondary N) is 4. The number of benzene rings is 5. The molecular formula is C57H68Cl2N10O15S3. The first-order chi connectivity index (χ1) is 41.2. The van der Waals surface area contributed by atoms with Gasteiger partial charge in [0, 0.05) is 35.8 Å². The Morgan fingerprint density at radius 3 is 2.06 bits per heavy atom. The highest BCUT2D eigenvalue weighted by molar-refractivity contribution is 7.90. The average molecular weight is 1300 g/mol. The molecule has 0 radical (unpaired) electrons. The second kappa shape index (κ2) is 32.4. The lowest BCUT2D eigenvalue weighted by Crippen LogP contribution is -2.47. The molecule has 2 aliphatic rings. The molecule has 1 amide bonds. The van der Waals surface area contributed by atoms with Gasteiger partial charge in [-0.2, -0.15) is 18.4 Å². The maximum atomic E-state index is 12.9. The number of amides is 1. The van der Waals surface area contributed by atoms with Gasteiger partial charge in [0.2, 0.25) is 31.8 Å². The first-order valence-corrected chi connectivity index (χ1v) is 32.0. The fraction of sp³-hybridized carbons (Fsp3) is 0.316. The average Bonchev–Trinajstić information content (AvgIpc) is 2.04. The number of aromatic amines is 1. The number of sulfonamides is 2. The number of carbonyl (C=O) groups is 4. The van der Waals surface area contributed by atoms with E-state index in [0.29, 0.717) is 53.0 Å². The van der Waals surface area contributed by atoms with Crippen molar-refractivity contribution in [3.8, 4) is 22.5 Å². The molecule has 0 spiro atoms. The monoisotopic (exact) mass is 1300 g/mol. The number of primary sulfonamides is 1. The highest BCUT2D eigenvalue weighted by Crippen LogP contribution is 2.42. The van der Waals surface area contributed by atoms with Crippen LogP contribution in [0.2, 0.25) is 10.0 Å². The lowest BCUT2D eigenvalue weighted by molar-refractivity contribution is -0.153. The summed E-state index contributed by atoms with van der Waals surface area (Å²) in [6, 6.07) is 31.3. The Balaban J connectivity index is 0.000000227. The predicted octanol–water partition coefficient (Wildman–Crippen LogP) is 7.01. The Bertz CT molecular complexity index is 3780. The zero-order valence-corrected chi connectivity index (χ0v) is 52.2. The molecule has 30 heteroatoms. The van der Waals surface area contributed by atoms with Crippen molar-refractivity contribution in [2.24, 2.45) is 16.8 Å². The minimum atomic E-state index is -4.07. The maximum Gasteiger partial charge on any atom is 0.336 e. The Hall–Kier alpha value is -7.64. The van der Waals surface area contributed by atoms with Crippen LogP contribution in [0.3, 0.4) is 0 Å². The SMILES string of the molecule is CCCCC(=O)N(Cc1ccc(-c2ccccc2-c2nn[nH]n2)cc1)[C@H](C(=O)O)C(C)C.CCOC(=O)C1=C(COCCN)NC(C)=C(C(=O)OC)C1c1ccccc1Cl.NS(=O)(=O)c1cc2c(cc1Cl)NCNS2(=O)=O.O=S(=O)(O)c1ccccc1. The summed E-state index contributed by atoms with van der Waals surface area (Å²) in [4.78, 5) is 51.1.